The van der Waals surface area contributed by atoms with Crippen molar-refractivity contribution in [2.45, 2.75) is 31.7 Å². The molecular formula is C11H16O2. The van der Waals surface area contributed by atoms with Gasteiger partial charge in [0.2, 0.25) is 0 Å². The summed E-state index contributed by atoms with van der Waals surface area (Å²) in [4.78, 5) is 0. The standard InChI is InChI=1S/C11H16O2/c1-3-4-5-6-7-11-10(12)8-9(2)13-11/h3-7,9-12H,1,8H2,2H3. The molecule has 3 atom stereocenters. The van der Waals surface area contributed by atoms with Crippen molar-refractivity contribution < 1.29 is 9.84 Å². The van der Waals surface area contributed by atoms with E-state index in [2.05, 4.69) is 6.58 Å². The van der Waals surface area contributed by atoms with E-state index in [4.69, 9.17) is 4.74 Å². The van der Waals surface area contributed by atoms with E-state index in [1.54, 1.807) is 6.08 Å². The van der Waals surface area contributed by atoms with Crippen molar-refractivity contribution >= 4 is 0 Å². The van der Waals surface area contributed by atoms with Crippen LogP contribution in [0.2, 0.25) is 0 Å². The summed E-state index contributed by atoms with van der Waals surface area (Å²) in [6, 6.07) is 0. The van der Waals surface area contributed by atoms with Crippen LogP contribution in [-0.4, -0.2) is 23.4 Å². The fraction of sp³-hybridized carbons (Fsp3) is 0.455. The van der Waals surface area contributed by atoms with Crippen molar-refractivity contribution in [3.05, 3.63) is 37.0 Å². The van der Waals surface area contributed by atoms with E-state index in [9.17, 15) is 5.11 Å². The van der Waals surface area contributed by atoms with Crippen LogP contribution in [-0.2, 0) is 4.74 Å². The van der Waals surface area contributed by atoms with Gasteiger partial charge in [-0.3, -0.25) is 0 Å². The lowest BCUT2D eigenvalue weighted by atomic mass is 10.1. The largest absolute Gasteiger partial charge is 0.390 e. The molecule has 0 radical (unpaired) electrons. The van der Waals surface area contributed by atoms with Crippen molar-refractivity contribution in [2.24, 2.45) is 0 Å². The van der Waals surface area contributed by atoms with Crippen molar-refractivity contribution in [2.75, 3.05) is 0 Å². The number of allylic oxidation sites excluding steroid dienone is 4. The topological polar surface area (TPSA) is 29.5 Å². The maximum atomic E-state index is 9.50. The van der Waals surface area contributed by atoms with Gasteiger partial charge in [-0.2, -0.15) is 0 Å². The first-order valence-corrected chi connectivity index (χ1v) is 4.53. The maximum absolute atomic E-state index is 9.50. The summed E-state index contributed by atoms with van der Waals surface area (Å²) >= 11 is 0. The molecule has 0 aromatic carbocycles. The van der Waals surface area contributed by atoms with Gasteiger partial charge in [-0.1, -0.05) is 37.0 Å². The molecule has 2 nitrogen and oxygen atoms in total. The number of hydrogen-bond acceptors (Lipinski definition) is 2. The lowest BCUT2D eigenvalue weighted by Crippen LogP contribution is -2.17. The van der Waals surface area contributed by atoms with E-state index in [0.29, 0.717) is 0 Å². The van der Waals surface area contributed by atoms with E-state index >= 15 is 0 Å². The SMILES string of the molecule is C=CC=CC=CC1OC(C)CC1O. The second kappa shape index (κ2) is 5.00. The predicted octanol–water partition coefficient (Wildman–Crippen LogP) is 1.82. The molecular weight excluding hydrogens is 164 g/mol. The van der Waals surface area contributed by atoms with E-state index in [0.717, 1.165) is 6.42 Å². The smallest absolute Gasteiger partial charge is 0.102 e. The molecule has 1 aliphatic rings. The van der Waals surface area contributed by atoms with Crippen LogP contribution < -0.4 is 0 Å². The van der Waals surface area contributed by atoms with Crippen molar-refractivity contribution in [1.82, 2.24) is 0 Å². The molecule has 1 fully saturated rings. The summed E-state index contributed by atoms with van der Waals surface area (Å²) in [5.74, 6) is 0. The van der Waals surface area contributed by atoms with E-state index < -0.39 is 0 Å². The van der Waals surface area contributed by atoms with Crippen molar-refractivity contribution in [3.8, 4) is 0 Å². The van der Waals surface area contributed by atoms with E-state index in [1.807, 2.05) is 31.2 Å². The minimum Gasteiger partial charge on any atom is -0.390 e. The molecule has 0 saturated carbocycles. The summed E-state index contributed by atoms with van der Waals surface area (Å²) in [5.41, 5.74) is 0. The van der Waals surface area contributed by atoms with Crippen LogP contribution in [0.5, 0.6) is 0 Å². The molecule has 3 unspecified atom stereocenters. The Morgan fingerprint density at radius 3 is 2.69 bits per heavy atom. The fourth-order valence-electron chi connectivity index (χ4n) is 1.38. The summed E-state index contributed by atoms with van der Waals surface area (Å²) in [6.07, 6.45) is 9.52. The van der Waals surface area contributed by atoms with Crippen LogP contribution in [0, 0.1) is 0 Å². The second-order valence-electron chi connectivity index (χ2n) is 3.22. The minimum absolute atomic E-state index is 0.149. The van der Waals surface area contributed by atoms with Crippen LogP contribution in [0.3, 0.4) is 0 Å². The molecule has 1 N–H and O–H groups in total. The maximum Gasteiger partial charge on any atom is 0.102 e. The average molecular weight is 180 g/mol. The Labute approximate surface area is 79.2 Å². The zero-order chi connectivity index (χ0) is 9.68. The highest BCUT2D eigenvalue weighted by atomic mass is 16.5. The lowest BCUT2D eigenvalue weighted by molar-refractivity contribution is 0.0469. The molecule has 0 bridgehead atoms. The Balaban J connectivity index is 2.40. The minimum atomic E-state index is -0.358. The third-order valence-electron chi connectivity index (χ3n) is 2.00. The first-order valence-electron chi connectivity index (χ1n) is 4.53. The van der Waals surface area contributed by atoms with Gasteiger partial charge in [0.1, 0.15) is 6.10 Å². The van der Waals surface area contributed by atoms with E-state index in [1.165, 1.54) is 0 Å². The number of rotatable bonds is 3. The first kappa shape index (κ1) is 10.2. The molecule has 0 amide bonds. The van der Waals surface area contributed by atoms with Gasteiger partial charge < -0.3 is 9.84 Å². The molecule has 1 aliphatic heterocycles. The number of aliphatic hydroxyl groups excluding tert-OH is 1. The Kier molecular flexibility index (Phi) is 3.93. The molecule has 13 heavy (non-hydrogen) atoms. The van der Waals surface area contributed by atoms with Crippen LogP contribution in [0.1, 0.15) is 13.3 Å². The van der Waals surface area contributed by atoms with Crippen molar-refractivity contribution in [1.29, 1.82) is 0 Å². The van der Waals surface area contributed by atoms with Gasteiger partial charge in [0, 0.05) is 6.42 Å². The Hall–Kier alpha value is -0.860. The molecule has 2 heteroatoms. The fourth-order valence-corrected chi connectivity index (χ4v) is 1.38. The summed E-state index contributed by atoms with van der Waals surface area (Å²) in [7, 11) is 0. The number of ether oxygens (including phenoxy) is 1. The highest BCUT2D eigenvalue weighted by molar-refractivity contribution is 5.11. The van der Waals surface area contributed by atoms with Crippen LogP contribution in [0.15, 0.2) is 37.0 Å². The van der Waals surface area contributed by atoms with Crippen molar-refractivity contribution in [3.63, 3.8) is 0 Å². The van der Waals surface area contributed by atoms with Crippen LogP contribution >= 0.6 is 0 Å². The first-order chi connectivity index (χ1) is 6.24. The molecule has 0 aromatic rings. The summed E-state index contributed by atoms with van der Waals surface area (Å²) < 4.78 is 5.46. The van der Waals surface area contributed by atoms with Gasteiger partial charge >= 0.3 is 0 Å². The van der Waals surface area contributed by atoms with Gasteiger partial charge in [0.05, 0.1) is 12.2 Å². The third-order valence-corrected chi connectivity index (χ3v) is 2.00. The molecule has 1 heterocycles. The lowest BCUT2D eigenvalue weighted by Gasteiger charge is -2.07. The van der Waals surface area contributed by atoms with Gasteiger partial charge in [0.15, 0.2) is 0 Å². The molecule has 1 rings (SSSR count). The second-order valence-corrected chi connectivity index (χ2v) is 3.22. The summed E-state index contributed by atoms with van der Waals surface area (Å²) in [5, 5.41) is 9.50. The Bertz CT molecular complexity index is 218. The molecule has 0 spiro atoms. The molecule has 0 aromatic heterocycles. The van der Waals surface area contributed by atoms with Gasteiger partial charge in [0.25, 0.3) is 0 Å². The zero-order valence-corrected chi connectivity index (χ0v) is 7.89. The quantitative estimate of drug-likeness (QED) is 0.671. The molecule has 0 aliphatic carbocycles. The average Bonchev–Trinajstić information content (AvgIpc) is 2.39. The van der Waals surface area contributed by atoms with E-state index in [-0.39, 0.29) is 18.3 Å². The molecule has 72 valence electrons. The van der Waals surface area contributed by atoms with Crippen LogP contribution in [0.4, 0.5) is 0 Å². The number of aliphatic hydroxyl groups is 1. The monoisotopic (exact) mass is 180 g/mol. The third kappa shape index (κ3) is 3.17. The van der Waals surface area contributed by atoms with Gasteiger partial charge in [-0.15, -0.1) is 0 Å². The Morgan fingerprint density at radius 2 is 2.15 bits per heavy atom. The molecule has 1 saturated heterocycles. The highest BCUT2D eigenvalue weighted by Gasteiger charge is 2.28. The highest BCUT2D eigenvalue weighted by Crippen LogP contribution is 2.20. The van der Waals surface area contributed by atoms with Gasteiger partial charge in [-0.05, 0) is 6.92 Å². The summed E-state index contributed by atoms with van der Waals surface area (Å²) in [6.45, 7) is 5.52. The van der Waals surface area contributed by atoms with Crippen LogP contribution in [0.25, 0.3) is 0 Å². The normalized spacial score (nSPS) is 34.8. The van der Waals surface area contributed by atoms with Gasteiger partial charge in [-0.25, -0.2) is 0 Å². The number of hydrogen-bond donors (Lipinski definition) is 1. The Morgan fingerprint density at radius 1 is 1.38 bits per heavy atom. The zero-order valence-electron chi connectivity index (χ0n) is 7.89. The predicted molar refractivity (Wildman–Crippen MR) is 53.4 cm³/mol.